The summed E-state index contributed by atoms with van der Waals surface area (Å²) < 4.78 is 1.43. The molecule has 0 aromatic carbocycles. The van der Waals surface area contributed by atoms with E-state index in [1.165, 1.54) is 4.57 Å². The zero-order chi connectivity index (χ0) is 10.7. The molecular formula is C10H16N2O2. The van der Waals surface area contributed by atoms with Crippen molar-refractivity contribution in [3.8, 4) is 0 Å². The molecule has 4 heteroatoms. The van der Waals surface area contributed by atoms with Gasteiger partial charge in [0.05, 0.1) is 18.3 Å². The van der Waals surface area contributed by atoms with Crippen molar-refractivity contribution in [1.82, 2.24) is 4.57 Å². The third-order valence-corrected chi connectivity index (χ3v) is 2.20. The van der Waals surface area contributed by atoms with E-state index < -0.39 is 6.10 Å². The minimum Gasteiger partial charge on any atom is -0.394 e. The number of nitrogen functional groups attached to an aromatic ring is 1. The van der Waals surface area contributed by atoms with Crippen molar-refractivity contribution in [3.05, 3.63) is 28.7 Å². The van der Waals surface area contributed by atoms with Crippen molar-refractivity contribution in [2.45, 2.75) is 26.5 Å². The van der Waals surface area contributed by atoms with Crippen molar-refractivity contribution in [2.75, 3.05) is 5.73 Å². The van der Waals surface area contributed by atoms with Crippen LogP contribution in [0.3, 0.4) is 0 Å². The van der Waals surface area contributed by atoms with Crippen molar-refractivity contribution < 1.29 is 5.11 Å². The standard InChI is InChI=1S/C10H16N2O2/c1-7(2)9(13)6-12-5-3-4-8(11)10(12)14/h3-5,7,9,13H,6,11H2,1-2H3. The SMILES string of the molecule is CC(C)C(O)Cn1cccc(N)c1=O. The summed E-state index contributed by atoms with van der Waals surface area (Å²) in [6, 6.07) is 3.25. The molecule has 0 amide bonds. The lowest BCUT2D eigenvalue weighted by molar-refractivity contribution is 0.106. The first-order valence-corrected chi connectivity index (χ1v) is 4.65. The Morgan fingerprint density at radius 3 is 2.79 bits per heavy atom. The van der Waals surface area contributed by atoms with Crippen LogP contribution in [-0.4, -0.2) is 15.8 Å². The highest BCUT2D eigenvalue weighted by atomic mass is 16.3. The van der Waals surface area contributed by atoms with Crippen LogP contribution in [0.25, 0.3) is 0 Å². The number of hydrogen-bond acceptors (Lipinski definition) is 3. The molecule has 0 spiro atoms. The second kappa shape index (κ2) is 4.28. The van der Waals surface area contributed by atoms with E-state index in [2.05, 4.69) is 0 Å². The van der Waals surface area contributed by atoms with Gasteiger partial charge in [-0.3, -0.25) is 4.79 Å². The van der Waals surface area contributed by atoms with Gasteiger partial charge in [-0.25, -0.2) is 0 Å². The Morgan fingerprint density at radius 2 is 2.21 bits per heavy atom. The van der Waals surface area contributed by atoms with Crippen LogP contribution in [0.2, 0.25) is 0 Å². The zero-order valence-corrected chi connectivity index (χ0v) is 8.47. The highest BCUT2D eigenvalue weighted by Crippen LogP contribution is 2.03. The van der Waals surface area contributed by atoms with Gasteiger partial charge in [-0.05, 0) is 18.1 Å². The van der Waals surface area contributed by atoms with E-state index in [4.69, 9.17) is 5.73 Å². The largest absolute Gasteiger partial charge is 0.394 e. The van der Waals surface area contributed by atoms with Gasteiger partial charge in [0.15, 0.2) is 0 Å². The number of aromatic nitrogens is 1. The Morgan fingerprint density at radius 1 is 1.57 bits per heavy atom. The molecule has 78 valence electrons. The van der Waals surface area contributed by atoms with E-state index in [0.29, 0.717) is 6.54 Å². The molecule has 3 N–H and O–H groups in total. The van der Waals surface area contributed by atoms with E-state index in [9.17, 15) is 9.90 Å². The minimum atomic E-state index is -0.519. The van der Waals surface area contributed by atoms with Gasteiger partial charge < -0.3 is 15.4 Å². The van der Waals surface area contributed by atoms with Gasteiger partial charge in [0.1, 0.15) is 0 Å². The summed E-state index contributed by atoms with van der Waals surface area (Å²) in [5, 5.41) is 9.59. The molecule has 0 aliphatic carbocycles. The number of nitrogens with zero attached hydrogens (tertiary/aromatic N) is 1. The Labute approximate surface area is 83.0 Å². The molecule has 0 bridgehead atoms. The molecule has 0 aliphatic rings. The molecule has 0 fully saturated rings. The van der Waals surface area contributed by atoms with E-state index in [1.807, 2.05) is 13.8 Å². The average molecular weight is 196 g/mol. The Hall–Kier alpha value is -1.29. The summed E-state index contributed by atoms with van der Waals surface area (Å²) in [6.07, 6.45) is 1.11. The lowest BCUT2D eigenvalue weighted by Crippen LogP contribution is -2.30. The summed E-state index contributed by atoms with van der Waals surface area (Å²) in [5.74, 6) is 0.128. The summed E-state index contributed by atoms with van der Waals surface area (Å²) in [4.78, 5) is 11.5. The fraction of sp³-hybridized carbons (Fsp3) is 0.500. The minimum absolute atomic E-state index is 0.128. The quantitative estimate of drug-likeness (QED) is 0.737. The fourth-order valence-electron chi connectivity index (χ4n) is 1.11. The van der Waals surface area contributed by atoms with Crippen LogP contribution in [0.4, 0.5) is 5.69 Å². The van der Waals surface area contributed by atoms with E-state index in [1.54, 1.807) is 18.3 Å². The maximum absolute atomic E-state index is 11.5. The molecule has 0 aliphatic heterocycles. The number of anilines is 1. The van der Waals surface area contributed by atoms with Crippen molar-refractivity contribution >= 4 is 5.69 Å². The molecule has 1 aromatic heterocycles. The van der Waals surface area contributed by atoms with E-state index in [0.717, 1.165) is 0 Å². The van der Waals surface area contributed by atoms with Crippen molar-refractivity contribution in [2.24, 2.45) is 5.92 Å². The van der Waals surface area contributed by atoms with Crippen LogP contribution in [0.1, 0.15) is 13.8 Å². The van der Waals surface area contributed by atoms with Gasteiger partial charge in [-0.15, -0.1) is 0 Å². The molecule has 1 atom stereocenters. The van der Waals surface area contributed by atoms with E-state index >= 15 is 0 Å². The lowest BCUT2D eigenvalue weighted by Gasteiger charge is -2.15. The van der Waals surface area contributed by atoms with Gasteiger partial charge in [0.2, 0.25) is 0 Å². The predicted molar refractivity (Wildman–Crippen MR) is 56.0 cm³/mol. The average Bonchev–Trinajstić information content (AvgIpc) is 2.12. The highest BCUT2D eigenvalue weighted by molar-refractivity contribution is 5.33. The number of rotatable bonds is 3. The van der Waals surface area contributed by atoms with Gasteiger partial charge >= 0.3 is 0 Å². The number of aliphatic hydroxyl groups is 1. The first-order valence-electron chi connectivity index (χ1n) is 4.65. The number of hydrogen-bond donors (Lipinski definition) is 2. The molecular weight excluding hydrogens is 180 g/mol. The Kier molecular flexibility index (Phi) is 3.30. The zero-order valence-electron chi connectivity index (χ0n) is 8.47. The topological polar surface area (TPSA) is 68.2 Å². The summed E-state index contributed by atoms with van der Waals surface area (Å²) in [6.45, 7) is 4.10. The number of nitrogens with two attached hydrogens (primary N) is 1. The van der Waals surface area contributed by atoms with Crippen molar-refractivity contribution in [3.63, 3.8) is 0 Å². The summed E-state index contributed by atoms with van der Waals surface area (Å²) in [5.41, 5.74) is 5.43. The molecule has 0 saturated heterocycles. The number of pyridine rings is 1. The number of aliphatic hydroxyl groups excluding tert-OH is 1. The Balaban J connectivity index is 2.87. The van der Waals surface area contributed by atoms with E-state index in [-0.39, 0.29) is 17.2 Å². The normalized spacial score (nSPS) is 13.1. The van der Waals surface area contributed by atoms with Gasteiger partial charge in [-0.2, -0.15) is 0 Å². The van der Waals surface area contributed by atoms with Gasteiger partial charge in [0, 0.05) is 6.20 Å². The van der Waals surface area contributed by atoms with Gasteiger partial charge in [0.25, 0.3) is 5.56 Å². The molecule has 1 aromatic rings. The molecule has 4 nitrogen and oxygen atoms in total. The molecule has 0 radical (unpaired) electrons. The highest BCUT2D eigenvalue weighted by Gasteiger charge is 2.10. The van der Waals surface area contributed by atoms with Gasteiger partial charge in [-0.1, -0.05) is 13.8 Å². The van der Waals surface area contributed by atoms with Crippen LogP contribution < -0.4 is 11.3 Å². The second-order valence-corrected chi connectivity index (χ2v) is 3.73. The predicted octanol–water partition coefficient (Wildman–Crippen LogP) is 0.447. The smallest absolute Gasteiger partial charge is 0.273 e. The third kappa shape index (κ3) is 2.35. The fourth-order valence-corrected chi connectivity index (χ4v) is 1.11. The molecule has 0 saturated carbocycles. The monoisotopic (exact) mass is 196 g/mol. The third-order valence-electron chi connectivity index (χ3n) is 2.20. The summed E-state index contributed by atoms with van der Waals surface area (Å²) in [7, 11) is 0. The van der Waals surface area contributed by atoms with Crippen LogP contribution in [0.15, 0.2) is 23.1 Å². The maximum atomic E-state index is 11.5. The van der Waals surface area contributed by atoms with Crippen LogP contribution in [0.5, 0.6) is 0 Å². The van der Waals surface area contributed by atoms with Crippen LogP contribution in [0, 0.1) is 5.92 Å². The first-order chi connectivity index (χ1) is 6.52. The van der Waals surface area contributed by atoms with Crippen molar-refractivity contribution in [1.29, 1.82) is 0 Å². The maximum Gasteiger partial charge on any atom is 0.273 e. The molecule has 1 heterocycles. The lowest BCUT2D eigenvalue weighted by atomic mass is 10.1. The molecule has 14 heavy (non-hydrogen) atoms. The molecule has 1 rings (SSSR count). The first kappa shape index (κ1) is 10.8. The Bertz CT molecular complexity index is 357. The van der Waals surface area contributed by atoms with Crippen LogP contribution >= 0.6 is 0 Å². The molecule has 1 unspecified atom stereocenters. The second-order valence-electron chi connectivity index (χ2n) is 3.73. The van der Waals surface area contributed by atoms with Crippen LogP contribution in [-0.2, 0) is 6.54 Å². The summed E-state index contributed by atoms with van der Waals surface area (Å²) >= 11 is 0.